The summed E-state index contributed by atoms with van der Waals surface area (Å²) in [5, 5.41) is 3.01. The minimum absolute atomic E-state index is 0.0879. The monoisotopic (exact) mass is 510 g/mol. The lowest BCUT2D eigenvalue weighted by atomic mass is 9.83. The Morgan fingerprint density at radius 1 is 1.09 bits per heavy atom. The Morgan fingerprint density at radius 2 is 1.79 bits per heavy atom. The van der Waals surface area contributed by atoms with Gasteiger partial charge in [-0.1, -0.05) is 18.2 Å². The van der Waals surface area contributed by atoms with E-state index in [1.54, 1.807) is 48.4 Å². The van der Waals surface area contributed by atoms with E-state index in [9.17, 15) is 14.0 Å². The van der Waals surface area contributed by atoms with Gasteiger partial charge in [0.1, 0.15) is 11.6 Å². The molecule has 0 bridgehead atoms. The molecule has 1 saturated heterocycles. The van der Waals surface area contributed by atoms with Gasteiger partial charge in [-0.3, -0.25) is 9.59 Å². The van der Waals surface area contributed by atoms with E-state index in [-0.39, 0.29) is 24.1 Å². The predicted octanol–water partition coefficient (Wildman–Crippen LogP) is 6.03. The number of carbonyl (C=O) groups excluding carboxylic acids is 2. The summed E-state index contributed by atoms with van der Waals surface area (Å²) in [7, 11) is 1.58. The van der Waals surface area contributed by atoms with Gasteiger partial charge in [0, 0.05) is 16.6 Å². The molecule has 3 aromatic rings. The van der Waals surface area contributed by atoms with E-state index in [1.165, 1.54) is 12.1 Å². The Balaban J connectivity index is 1.73. The van der Waals surface area contributed by atoms with E-state index in [4.69, 9.17) is 4.74 Å². The SMILES string of the molecule is COc1ccc(N2C(=O)CCC(C(=O)Nc3ccc(C)cc3Br)C2c2ccc(F)cc2)cc1. The zero-order valence-electron chi connectivity index (χ0n) is 18.3. The van der Waals surface area contributed by atoms with Gasteiger partial charge >= 0.3 is 0 Å². The average molecular weight is 511 g/mol. The van der Waals surface area contributed by atoms with Crippen molar-refractivity contribution >= 4 is 39.1 Å². The maximum atomic E-state index is 13.7. The molecule has 0 spiro atoms. The summed E-state index contributed by atoms with van der Waals surface area (Å²) in [6, 6.07) is 18.2. The third kappa shape index (κ3) is 4.93. The van der Waals surface area contributed by atoms with Gasteiger partial charge in [-0.05, 0) is 88.9 Å². The molecule has 0 aromatic heterocycles. The first-order valence-electron chi connectivity index (χ1n) is 10.7. The molecular formula is C26H24BrFN2O3. The number of hydrogen-bond donors (Lipinski definition) is 1. The number of benzene rings is 3. The Morgan fingerprint density at radius 3 is 2.42 bits per heavy atom. The fourth-order valence-corrected chi connectivity index (χ4v) is 4.79. The Labute approximate surface area is 200 Å². The molecule has 2 atom stereocenters. The van der Waals surface area contributed by atoms with Crippen molar-refractivity contribution in [2.75, 3.05) is 17.3 Å². The van der Waals surface area contributed by atoms with Gasteiger partial charge in [-0.15, -0.1) is 0 Å². The van der Waals surface area contributed by atoms with Crippen molar-refractivity contribution in [2.24, 2.45) is 5.92 Å². The molecule has 1 fully saturated rings. The predicted molar refractivity (Wildman–Crippen MR) is 130 cm³/mol. The zero-order chi connectivity index (χ0) is 23.5. The van der Waals surface area contributed by atoms with E-state index >= 15 is 0 Å². The lowest BCUT2D eigenvalue weighted by Gasteiger charge is -2.41. The van der Waals surface area contributed by atoms with Crippen molar-refractivity contribution < 1.29 is 18.7 Å². The van der Waals surface area contributed by atoms with Crippen LogP contribution in [0.3, 0.4) is 0 Å². The van der Waals surface area contributed by atoms with Crippen LogP contribution in [0.25, 0.3) is 0 Å². The summed E-state index contributed by atoms with van der Waals surface area (Å²) >= 11 is 3.51. The highest BCUT2D eigenvalue weighted by Crippen LogP contribution is 2.41. The topological polar surface area (TPSA) is 58.6 Å². The number of piperidine rings is 1. The molecule has 1 N–H and O–H groups in total. The van der Waals surface area contributed by atoms with E-state index < -0.39 is 12.0 Å². The normalized spacial score (nSPS) is 18.2. The summed E-state index contributed by atoms with van der Waals surface area (Å²) in [4.78, 5) is 28.2. The summed E-state index contributed by atoms with van der Waals surface area (Å²) in [6.07, 6.45) is 0.625. The van der Waals surface area contributed by atoms with Crippen LogP contribution in [-0.2, 0) is 9.59 Å². The number of halogens is 2. The van der Waals surface area contributed by atoms with Gasteiger partial charge in [-0.2, -0.15) is 0 Å². The van der Waals surface area contributed by atoms with E-state index in [1.807, 2.05) is 25.1 Å². The van der Waals surface area contributed by atoms with E-state index in [0.29, 0.717) is 29.1 Å². The summed E-state index contributed by atoms with van der Waals surface area (Å²) < 4.78 is 19.7. The molecule has 2 unspecified atom stereocenters. The maximum absolute atomic E-state index is 13.7. The smallest absolute Gasteiger partial charge is 0.229 e. The fraction of sp³-hybridized carbons (Fsp3) is 0.231. The van der Waals surface area contributed by atoms with Gasteiger partial charge in [0.25, 0.3) is 0 Å². The first-order valence-corrected chi connectivity index (χ1v) is 11.5. The lowest BCUT2D eigenvalue weighted by Crippen LogP contribution is -2.47. The molecule has 3 aromatic carbocycles. The number of nitrogens with one attached hydrogen (secondary N) is 1. The highest BCUT2D eigenvalue weighted by Gasteiger charge is 2.41. The number of nitrogens with zero attached hydrogens (tertiary/aromatic N) is 1. The maximum Gasteiger partial charge on any atom is 0.229 e. The molecule has 4 rings (SSSR count). The van der Waals surface area contributed by atoms with Gasteiger partial charge in [-0.25, -0.2) is 4.39 Å². The van der Waals surface area contributed by atoms with E-state index in [2.05, 4.69) is 21.2 Å². The van der Waals surface area contributed by atoms with Gasteiger partial charge in [0.15, 0.2) is 0 Å². The second-order valence-electron chi connectivity index (χ2n) is 8.08. The Kier molecular flexibility index (Phi) is 6.79. The molecular weight excluding hydrogens is 487 g/mol. The standard InChI is InChI=1S/C26H24BrFN2O3/c1-16-3-13-23(22(27)15-16)29-26(32)21-12-14-24(31)30(19-8-10-20(33-2)11-9-19)25(21)17-4-6-18(28)7-5-17/h3-11,13,15,21,25H,12,14H2,1-2H3,(H,29,32). The van der Waals surface area contributed by atoms with Crippen LogP contribution in [0.1, 0.15) is 30.0 Å². The van der Waals surface area contributed by atoms with Crippen molar-refractivity contribution in [3.05, 3.63) is 88.1 Å². The summed E-state index contributed by atoms with van der Waals surface area (Å²) in [6.45, 7) is 1.97. The van der Waals surface area contributed by atoms with Gasteiger partial charge in [0.2, 0.25) is 11.8 Å². The number of anilines is 2. The average Bonchev–Trinajstić information content (AvgIpc) is 2.81. The van der Waals surface area contributed by atoms with Gasteiger partial charge in [0.05, 0.1) is 24.8 Å². The van der Waals surface area contributed by atoms with Crippen LogP contribution in [0.15, 0.2) is 71.2 Å². The molecule has 1 aliphatic heterocycles. The molecule has 1 heterocycles. The molecule has 0 saturated carbocycles. The third-order valence-corrected chi connectivity index (χ3v) is 6.53. The summed E-state index contributed by atoms with van der Waals surface area (Å²) in [5.74, 6) is -0.514. The molecule has 170 valence electrons. The van der Waals surface area contributed by atoms with Crippen LogP contribution in [0.4, 0.5) is 15.8 Å². The number of rotatable bonds is 5. The Hall–Kier alpha value is -3.19. The molecule has 5 nitrogen and oxygen atoms in total. The third-order valence-electron chi connectivity index (χ3n) is 5.88. The van der Waals surface area contributed by atoms with Crippen LogP contribution < -0.4 is 15.0 Å². The van der Waals surface area contributed by atoms with Crippen molar-refractivity contribution in [2.45, 2.75) is 25.8 Å². The highest BCUT2D eigenvalue weighted by molar-refractivity contribution is 9.10. The second-order valence-corrected chi connectivity index (χ2v) is 8.93. The first-order chi connectivity index (χ1) is 15.9. The fourth-order valence-electron chi connectivity index (χ4n) is 4.20. The summed E-state index contributed by atoms with van der Waals surface area (Å²) in [5.41, 5.74) is 3.09. The van der Waals surface area contributed by atoms with Crippen LogP contribution >= 0.6 is 15.9 Å². The van der Waals surface area contributed by atoms with Crippen molar-refractivity contribution in [1.29, 1.82) is 0 Å². The number of methoxy groups -OCH3 is 1. The molecule has 1 aliphatic rings. The van der Waals surface area contributed by atoms with Gasteiger partial charge < -0.3 is 15.0 Å². The van der Waals surface area contributed by atoms with Crippen molar-refractivity contribution in [1.82, 2.24) is 0 Å². The molecule has 0 radical (unpaired) electrons. The number of aryl methyl sites for hydroxylation is 1. The Bertz CT molecular complexity index is 1170. The number of amides is 2. The minimum atomic E-state index is -0.579. The zero-order valence-corrected chi connectivity index (χ0v) is 19.9. The van der Waals surface area contributed by atoms with Crippen LogP contribution in [-0.4, -0.2) is 18.9 Å². The number of hydrogen-bond acceptors (Lipinski definition) is 3. The lowest BCUT2D eigenvalue weighted by molar-refractivity contribution is -0.125. The number of ether oxygens (including phenoxy) is 1. The van der Waals surface area contributed by atoms with Crippen LogP contribution in [0.2, 0.25) is 0 Å². The van der Waals surface area contributed by atoms with Crippen LogP contribution in [0.5, 0.6) is 5.75 Å². The first kappa shape index (κ1) is 23.0. The molecule has 2 amide bonds. The molecule has 7 heteroatoms. The minimum Gasteiger partial charge on any atom is -0.497 e. The number of carbonyl (C=O) groups is 2. The second kappa shape index (κ2) is 9.75. The van der Waals surface area contributed by atoms with Crippen molar-refractivity contribution in [3.63, 3.8) is 0 Å². The quantitative estimate of drug-likeness (QED) is 0.455. The highest BCUT2D eigenvalue weighted by atomic mass is 79.9. The van der Waals surface area contributed by atoms with Crippen molar-refractivity contribution in [3.8, 4) is 5.75 Å². The molecule has 0 aliphatic carbocycles. The largest absolute Gasteiger partial charge is 0.497 e. The van der Waals surface area contributed by atoms with Crippen LogP contribution in [0, 0.1) is 18.7 Å². The molecule has 33 heavy (non-hydrogen) atoms. The van der Waals surface area contributed by atoms with E-state index in [0.717, 1.165) is 10.0 Å².